The maximum atomic E-state index is 13.6. The lowest BCUT2D eigenvalue weighted by atomic mass is 9.85. The van der Waals surface area contributed by atoms with Crippen molar-refractivity contribution in [3.05, 3.63) is 130 Å². The van der Waals surface area contributed by atoms with Crippen LogP contribution < -0.4 is 25.7 Å². The van der Waals surface area contributed by atoms with Gasteiger partial charge in [-0.25, -0.2) is 9.59 Å². The summed E-state index contributed by atoms with van der Waals surface area (Å²) in [5.74, 6) is 0.352. The second kappa shape index (κ2) is 12.3. The van der Waals surface area contributed by atoms with Gasteiger partial charge in [0.05, 0.1) is 36.8 Å². The summed E-state index contributed by atoms with van der Waals surface area (Å²) in [6.45, 7) is 0.295. The second-order valence-corrected chi connectivity index (χ2v) is 10.2. The van der Waals surface area contributed by atoms with Crippen molar-refractivity contribution in [1.29, 1.82) is 0 Å². The number of fused-ring (bicyclic) bond motifs is 2. The number of anilines is 1. The minimum atomic E-state index is -0.716. The lowest BCUT2D eigenvalue weighted by molar-refractivity contribution is 0.252. The molecule has 0 saturated heterocycles. The fourth-order valence-corrected chi connectivity index (χ4v) is 5.63. The van der Waals surface area contributed by atoms with Crippen molar-refractivity contribution in [2.45, 2.75) is 12.3 Å². The van der Waals surface area contributed by atoms with Gasteiger partial charge in [0.15, 0.2) is 0 Å². The zero-order chi connectivity index (χ0) is 30.6. The van der Waals surface area contributed by atoms with Crippen molar-refractivity contribution in [2.24, 2.45) is 0 Å². The molecule has 1 unspecified atom stereocenters. The van der Waals surface area contributed by atoms with Crippen molar-refractivity contribution < 1.29 is 23.8 Å². The summed E-state index contributed by atoms with van der Waals surface area (Å²) in [6.07, 6.45) is 0.436. The molecule has 0 saturated carbocycles. The number of para-hydroxylation sites is 4. The smallest absolute Gasteiger partial charge is 0.344 e. The highest BCUT2D eigenvalue weighted by molar-refractivity contribution is 5.91. The number of aromatic nitrogens is 1. The van der Waals surface area contributed by atoms with Gasteiger partial charge < -0.3 is 34.6 Å². The Bertz CT molecular complexity index is 2010. The highest BCUT2D eigenvalue weighted by atomic mass is 16.5. The van der Waals surface area contributed by atoms with Crippen LogP contribution >= 0.6 is 0 Å². The van der Waals surface area contributed by atoms with Gasteiger partial charge in [-0.3, -0.25) is 0 Å². The number of carbonyl (C=O) groups is 1. The van der Waals surface area contributed by atoms with Crippen molar-refractivity contribution >= 4 is 33.6 Å². The largest absolute Gasteiger partial charge is 0.507 e. The van der Waals surface area contributed by atoms with E-state index in [9.17, 15) is 14.7 Å². The van der Waals surface area contributed by atoms with Crippen LogP contribution in [0.25, 0.3) is 21.9 Å². The van der Waals surface area contributed by atoms with Gasteiger partial charge in [0.2, 0.25) is 0 Å². The lowest BCUT2D eigenvalue weighted by Gasteiger charge is -2.20. The quantitative estimate of drug-likeness (QED) is 0.142. The Hall–Kier alpha value is -5.70. The molecular weight excluding hydrogens is 558 g/mol. The molecule has 2 amide bonds. The summed E-state index contributed by atoms with van der Waals surface area (Å²) in [5, 5.41) is 18.7. The van der Waals surface area contributed by atoms with E-state index in [4.69, 9.17) is 13.9 Å². The fourth-order valence-electron chi connectivity index (χ4n) is 5.63. The van der Waals surface area contributed by atoms with Crippen molar-refractivity contribution in [1.82, 2.24) is 10.3 Å². The molecule has 0 radical (unpaired) electrons. The summed E-state index contributed by atoms with van der Waals surface area (Å²) >= 11 is 0. The SMILES string of the molecule is COc1ccc(C(c2[nH]c3ccccc3c2CCNC(=O)Nc2ccccc2OC)c2c(O)c3ccccc3oc2=O)cc1. The van der Waals surface area contributed by atoms with E-state index in [1.165, 1.54) is 0 Å². The van der Waals surface area contributed by atoms with Crippen LogP contribution in [0.15, 0.2) is 106 Å². The van der Waals surface area contributed by atoms with E-state index in [-0.39, 0.29) is 17.3 Å². The lowest BCUT2D eigenvalue weighted by Crippen LogP contribution is -2.30. The third-order valence-corrected chi connectivity index (χ3v) is 7.71. The van der Waals surface area contributed by atoms with E-state index in [1.54, 1.807) is 50.6 Å². The number of ether oxygens (including phenoxy) is 2. The average Bonchev–Trinajstić information content (AvgIpc) is 3.41. The Kier molecular flexibility index (Phi) is 7.92. The zero-order valence-electron chi connectivity index (χ0n) is 24.2. The first-order valence-corrected chi connectivity index (χ1v) is 14.1. The highest BCUT2D eigenvalue weighted by Crippen LogP contribution is 2.41. The molecule has 0 bridgehead atoms. The van der Waals surface area contributed by atoms with Gasteiger partial charge in [-0.05, 0) is 60.0 Å². The summed E-state index contributed by atoms with van der Waals surface area (Å²) in [4.78, 5) is 29.9. The predicted molar refractivity (Wildman–Crippen MR) is 170 cm³/mol. The first-order valence-electron chi connectivity index (χ1n) is 14.1. The van der Waals surface area contributed by atoms with Crippen LogP contribution in [0.2, 0.25) is 0 Å². The number of amides is 2. The molecule has 222 valence electrons. The summed E-state index contributed by atoms with van der Waals surface area (Å²) < 4.78 is 16.4. The van der Waals surface area contributed by atoms with Crippen LogP contribution in [-0.4, -0.2) is 36.9 Å². The molecule has 6 rings (SSSR count). The van der Waals surface area contributed by atoms with Crippen LogP contribution in [-0.2, 0) is 6.42 Å². The molecular formula is C35H31N3O6. The highest BCUT2D eigenvalue weighted by Gasteiger charge is 2.30. The van der Waals surface area contributed by atoms with E-state index in [0.717, 1.165) is 22.0 Å². The van der Waals surface area contributed by atoms with E-state index in [0.29, 0.717) is 46.8 Å². The average molecular weight is 590 g/mol. The standard InChI is InChI=1S/C35H31N3O6/c1-42-22-17-15-21(16-18-22)30(31-33(39)25-10-4-7-13-28(25)44-34(31)40)32-24(23-9-3-5-11-26(23)37-32)19-20-36-35(41)38-27-12-6-8-14-29(27)43-2/h3-18,30,37,39H,19-20H2,1-2H3,(H2,36,38,41). The molecule has 0 aliphatic rings. The number of hydrogen-bond donors (Lipinski definition) is 4. The Balaban J connectivity index is 1.42. The number of nitrogens with one attached hydrogen (secondary N) is 3. The number of benzene rings is 4. The van der Waals surface area contributed by atoms with E-state index >= 15 is 0 Å². The van der Waals surface area contributed by atoms with Crippen LogP contribution in [0.3, 0.4) is 0 Å². The van der Waals surface area contributed by atoms with E-state index in [2.05, 4.69) is 15.6 Å². The van der Waals surface area contributed by atoms with Crippen molar-refractivity contribution in [3.8, 4) is 17.2 Å². The van der Waals surface area contributed by atoms with Crippen LogP contribution in [0.4, 0.5) is 10.5 Å². The normalized spacial score (nSPS) is 11.8. The maximum absolute atomic E-state index is 13.6. The van der Waals surface area contributed by atoms with Gasteiger partial charge >= 0.3 is 11.7 Å². The predicted octanol–water partition coefficient (Wildman–Crippen LogP) is 6.54. The van der Waals surface area contributed by atoms with Gasteiger partial charge in [0.25, 0.3) is 0 Å². The minimum absolute atomic E-state index is 0.114. The molecule has 1 atom stereocenters. The number of rotatable bonds is 9. The minimum Gasteiger partial charge on any atom is -0.507 e. The fraction of sp³-hybridized carbons (Fsp3) is 0.143. The molecule has 9 heteroatoms. The topological polar surface area (TPSA) is 126 Å². The third kappa shape index (κ3) is 5.43. The zero-order valence-corrected chi connectivity index (χ0v) is 24.2. The number of hydrogen-bond acceptors (Lipinski definition) is 6. The van der Waals surface area contributed by atoms with Gasteiger partial charge in [-0.2, -0.15) is 0 Å². The van der Waals surface area contributed by atoms with Gasteiger partial charge in [0.1, 0.15) is 22.8 Å². The molecule has 2 heterocycles. The number of H-pyrrole nitrogens is 1. The van der Waals surface area contributed by atoms with E-state index < -0.39 is 11.5 Å². The number of urea groups is 1. The Morgan fingerprint density at radius 3 is 2.36 bits per heavy atom. The van der Waals surface area contributed by atoms with Crippen LogP contribution in [0, 0.1) is 0 Å². The van der Waals surface area contributed by atoms with E-state index in [1.807, 2.05) is 60.7 Å². The van der Waals surface area contributed by atoms with Gasteiger partial charge in [0, 0.05) is 23.1 Å². The molecule has 44 heavy (non-hydrogen) atoms. The molecule has 0 aliphatic carbocycles. The van der Waals surface area contributed by atoms with Gasteiger partial charge in [-0.1, -0.05) is 54.6 Å². The summed E-state index contributed by atoms with van der Waals surface area (Å²) in [6, 6.07) is 28.9. The van der Waals surface area contributed by atoms with Crippen LogP contribution in [0.1, 0.15) is 28.3 Å². The Labute approximate surface area is 253 Å². The molecule has 6 aromatic rings. The molecule has 4 aromatic carbocycles. The third-order valence-electron chi connectivity index (χ3n) is 7.71. The number of carbonyl (C=O) groups excluding carboxylic acids is 1. The first kappa shape index (κ1) is 28.4. The summed E-state index contributed by atoms with van der Waals surface area (Å²) in [7, 11) is 3.13. The second-order valence-electron chi connectivity index (χ2n) is 10.2. The van der Waals surface area contributed by atoms with Crippen molar-refractivity contribution in [2.75, 3.05) is 26.1 Å². The van der Waals surface area contributed by atoms with Crippen LogP contribution in [0.5, 0.6) is 17.2 Å². The van der Waals surface area contributed by atoms with Crippen molar-refractivity contribution in [3.63, 3.8) is 0 Å². The number of methoxy groups -OCH3 is 2. The number of aromatic amines is 1. The molecule has 0 aliphatic heterocycles. The molecule has 2 aromatic heterocycles. The van der Waals surface area contributed by atoms with Gasteiger partial charge in [-0.15, -0.1) is 0 Å². The molecule has 4 N–H and O–H groups in total. The maximum Gasteiger partial charge on any atom is 0.344 e. The molecule has 0 spiro atoms. The Morgan fingerprint density at radius 2 is 1.59 bits per heavy atom. The number of aromatic hydroxyl groups is 1. The molecule has 0 fully saturated rings. The Morgan fingerprint density at radius 1 is 0.886 bits per heavy atom. The molecule has 9 nitrogen and oxygen atoms in total. The summed E-state index contributed by atoms with van der Waals surface area (Å²) in [5.41, 5.74) is 3.54. The monoisotopic (exact) mass is 589 g/mol. The first-order chi connectivity index (χ1) is 21.5.